The number of carbonyl (C=O) groups excluding carboxylic acids is 1. The molecule has 0 bridgehead atoms. The second kappa shape index (κ2) is 7.84. The zero-order chi connectivity index (χ0) is 20.4. The number of fused-ring (bicyclic) bond motifs is 1. The molecule has 0 saturated heterocycles. The van der Waals surface area contributed by atoms with E-state index < -0.39 is 0 Å². The van der Waals surface area contributed by atoms with Crippen molar-refractivity contribution in [3.8, 4) is 11.5 Å². The molecule has 0 unspecified atom stereocenters. The summed E-state index contributed by atoms with van der Waals surface area (Å²) in [5.41, 5.74) is 2.10. The van der Waals surface area contributed by atoms with Gasteiger partial charge in [-0.15, -0.1) is 10.2 Å². The molecular weight excluding hydrogens is 374 g/mol. The second-order valence-corrected chi connectivity index (χ2v) is 6.53. The van der Waals surface area contributed by atoms with E-state index in [1.54, 1.807) is 30.3 Å². The lowest BCUT2D eigenvalue weighted by Crippen LogP contribution is -2.30. The highest BCUT2D eigenvalue weighted by Gasteiger charge is 2.20. The molecule has 0 spiro atoms. The Morgan fingerprint density at radius 3 is 2.86 bits per heavy atom. The smallest absolute Gasteiger partial charge is 0.255 e. The fraction of sp³-hybridized carbons (Fsp3) is 0.316. The molecule has 10 heteroatoms. The van der Waals surface area contributed by atoms with E-state index in [-0.39, 0.29) is 19.1 Å². The Balaban J connectivity index is 1.62. The highest BCUT2D eigenvalue weighted by atomic mass is 16.5. The van der Waals surface area contributed by atoms with E-state index in [2.05, 4.69) is 20.3 Å². The minimum Gasteiger partial charge on any atom is -0.377 e. The number of aryl methyl sites for hydroxylation is 1. The number of amides is 1. The van der Waals surface area contributed by atoms with Gasteiger partial charge < -0.3 is 18.7 Å². The van der Waals surface area contributed by atoms with Crippen LogP contribution < -0.4 is 0 Å². The van der Waals surface area contributed by atoms with Crippen molar-refractivity contribution in [2.24, 2.45) is 7.05 Å². The SMILES string of the molecule is CCN(Cc1nc(COC)no1)C(=O)c1ccc2nnc(-c3cccn3C)n2c1. The number of carbonyl (C=O) groups is 1. The minimum absolute atomic E-state index is 0.146. The molecule has 10 nitrogen and oxygen atoms in total. The lowest BCUT2D eigenvalue weighted by molar-refractivity contribution is 0.0734. The van der Waals surface area contributed by atoms with Crippen molar-refractivity contribution < 1.29 is 14.1 Å². The maximum Gasteiger partial charge on any atom is 0.255 e. The van der Waals surface area contributed by atoms with E-state index in [1.807, 2.05) is 41.3 Å². The maximum atomic E-state index is 13.1. The summed E-state index contributed by atoms with van der Waals surface area (Å²) >= 11 is 0. The van der Waals surface area contributed by atoms with E-state index in [9.17, 15) is 4.79 Å². The molecule has 0 aromatic carbocycles. The molecule has 4 rings (SSSR count). The average Bonchev–Trinajstić information content (AvgIpc) is 3.45. The molecule has 29 heavy (non-hydrogen) atoms. The van der Waals surface area contributed by atoms with E-state index in [0.717, 1.165) is 5.69 Å². The zero-order valence-electron chi connectivity index (χ0n) is 16.4. The molecule has 4 heterocycles. The molecule has 0 fully saturated rings. The van der Waals surface area contributed by atoms with Crippen molar-refractivity contribution in [2.45, 2.75) is 20.1 Å². The van der Waals surface area contributed by atoms with Gasteiger partial charge in [-0.2, -0.15) is 4.98 Å². The van der Waals surface area contributed by atoms with Gasteiger partial charge in [0.1, 0.15) is 13.2 Å². The number of methoxy groups -OCH3 is 1. The predicted octanol–water partition coefficient (Wildman–Crippen LogP) is 1.93. The molecule has 0 atom stereocenters. The average molecular weight is 395 g/mol. The topological polar surface area (TPSA) is 104 Å². The maximum absolute atomic E-state index is 13.1. The highest BCUT2D eigenvalue weighted by molar-refractivity contribution is 5.94. The first-order valence-electron chi connectivity index (χ1n) is 9.17. The third kappa shape index (κ3) is 3.61. The standard InChI is InChI=1S/C19H21N7O3/c1-4-25(11-17-20-15(12-28-3)23-29-17)19(27)13-7-8-16-21-22-18(26(16)10-13)14-6-5-9-24(14)2/h5-10H,4,11-12H2,1-3H3. The summed E-state index contributed by atoms with van der Waals surface area (Å²) in [6.45, 7) is 2.87. The highest BCUT2D eigenvalue weighted by Crippen LogP contribution is 2.19. The first kappa shape index (κ1) is 18.8. The van der Waals surface area contributed by atoms with Crippen molar-refractivity contribution in [3.63, 3.8) is 0 Å². The quantitative estimate of drug-likeness (QED) is 0.471. The normalized spacial score (nSPS) is 11.3. The third-order valence-electron chi connectivity index (χ3n) is 4.60. The van der Waals surface area contributed by atoms with Gasteiger partial charge in [-0.25, -0.2) is 0 Å². The van der Waals surface area contributed by atoms with Gasteiger partial charge in [0.15, 0.2) is 17.3 Å². The number of rotatable bonds is 7. The Morgan fingerprint density at radius 2 is 2.14 bits per heavy atom. The fourth-order valence-electron chi connectivity index (χ4n) is 3.10. The summed E-state index contributed by atoms with van der Waals surface area (Å²) in [6.07, 6.45) is 3.69. The number of aromatic nitrogens is 6. The number of nitrogens with zero attached hydrogens (tertiary/aromatic N) is 7. The van der Waals surface area contributed by atoms with Gasteiger partial charge in [0.05, 0.1) is 11.3 Å². The van der Waals surface area contributed by atoms with Gasteiger partial charge >= 0.3 is 0 Å². The third-order valence-corrected chi connectivity index (χ3v) is 4.60. The van der Waals surface area contributed by atoms with Crippen LogP contribution in [-0.4, -0.2) is 53.8 Å². The molecule has 1 amide bonds. The first-order chi connectivity index (χ1) is 14.1. The molecule has 0 aliphatic carbocycles. The Morgan fingerprint density at radius 1 is 1.28 bits per heavy atom. The van der Waals surface area contributed by atoms with Crippen LogP contribution in [0.25, 0.3) is 17.2 Å². The molecule has 4 aromatic heterocycles. The summed E-state index contributed by atoms with van der Waals surface area (Å²) < 4.78 is 14.0. The van der Waals surface area contributed by atoms with Crippen LogP contribution in [0, 0.1) is 0 Å². The monoisotopic (exact) mass is 395 g/mol. The number of hydrogen-bond donors (Lipinski definition) is 0. The van der Waals surface area contributed by atoms with Crippen LogP contribution in [0.2, 0.25) is 0 Å². The first-order valence-corrected chi connectivity index (χ1v) is 9.17. The number of pyridine rings is 1. The van der Waals surface area contributed by atoms with Gasteiger partial charge in [0.2, 0.25) is 5.89 Å². The van der Waals surface area contributed by atoms with Crippen LogP contribution in [0.5, 0.6) is 0 Å². The molecule has 0 aliphatic heterocycles. The van der Waals surface area contributed by atoms with E-state index >= 15 is 0 Å². The van der Waals surface area contributed by atoms with Gasteiger partial charge in [0, 0.05) is 33.1 Å². The molecule has 0 saturated carbocycles. The van der Waals surface area contributed by atoms with Crippen LogP contribution in [0.1, 0.15) is 29.0 Å². The zero-order valence-corrected chi connectivity index (χ0v) is 16.4. The van der Waals surface area contributed by atoms with Crippen LogP contribution >= 0.6 is 0 Å². The summed E-state index contributed by atoms with van der Waals surface area (Å²) in [6, 6.07) is 7.42. The predicted molar refractivity (Wildman–Crippen MR) is 103 cm³/mol. The number of ether oxygens (including phenoxy) is 1. The second-order valence-electron chi connectivity index (χ2n) is 6.53. The lowest BCUT2D eigenvalue weighted by Gasteiger charge is -2.19. The fourth-order valence-corrected chi connectivity index (χ4v) is 3.10. The van der Waals surface area contributed by atoms with E-state index in [0.29, 0.717) is 35.3 Å². The van der Waals surface area contributed by atoms with E-state index in [4.69, 9.17) is 9.26 Å². The van der Waals surface area contributed by atoms with E-state index in [1.165, 1.54) is 0 Å². The van der Waals surface area contributed by atoms with Crippen molar-refractivity contribution in [1.82, 2.24) is 34.2 Å². The van der Waals surface area contributed by atoms with Crippen LogP contribution in [0.4, 0.5) is 0 Å². The minimum atomic E-state index is -0.146. The van der Waals surface area contributed by atoms with Gasteiger partial charge in [-0.05, 0) is 31.2 Å². The van der Waals surface area contributed by atoms with Crippen molar-refractivity contribution in [3.05, 3.63) is 53.9 Å². The molecule has 4 aromatic rings. The van der Waals surface area contributed by atoms with Crippen molar-refractivity contribution in [1.29, 1.82) is 0 Å². The largest absolute Gasteiger partial charge is 0.377 e. The lowest BCUT2D eigenvalue weighted by atomic mass is 10.2. The van der Waals surface area contributed by atoms with Crippen LogP contribution in [0.3, 0.4) is 0 Å². The molecule has 0 radical (unpaired) electrons. The van der Waals surface area contributed by atoms with Gasteiger partial charge in [-0.3, -0.25) is 9.20 Å². The Hall–Kier alpha value is -3.53. The van der Waals surface area contributed by atoms with Crippen molar-refractivity contribution in [2.75, 3.05) is 13.7 Å². The Kier molecular flexibility index (Phi) is 5.09. The van der Waals surface area contributed by atoms with Crippen LogP contribution in [-0.2, 0) is 24.9 Å². The summed E-state index contributed by atoms with van der Waals surface area (Å²) in [5, 5.41) is 12.3. The summed E-state index contributed by atoms with van der Waals surface area (Å²) in [5.74, 6) is 1.34. The summed E-state index contributed by atoms with van der Waals surface area (Å²) in [7, 11) is 3.50. The Bertz CT molecular complexity index is 1140. The van der Waals surface area contributed by atoms with Gasteiger partial charge in [-0.1, -0.05) is 5.16 Å². The van der Waals surface area contributed by atoms with Gasteiger partial charge in [0.25, 0.3) is 5.91 Å². The van der Waals surface area contributed by atoms with Crippen molar-refractivity contribution >= 4 is 11.6 Å². The molecule has 0 aliphatic rings. The molecule has 0 N–H and O–H groups in total. The Labute approximate surface area is 166 Å². The number of hydrogen-bond acceptors (Lipinski definition) is 7. The molecule has 150 valence electrons. The van der Waals surface area contributed by atoms with Crippen LogP contribution in [0.15, 0.2) is 41.2 Å². The summed E-state index contributed by atoms with van der Waals surface area (Å²) in [4.78, 5) is 19.0. The molecular formula is C19H21N7O3.